The van der Waals surface area contributed by atoms with Gasteiger partial charge in [0.1, 0.15) is 0 Å². The summed E-state index contributed by atoms with van der Waals surface area (Å²) in [5.74, 6) is -0.754. The number of methoxy groups -OCH3 is 2. The van der Waals surface area contributed by atoms with Crippen molar-refractivity contribution in [2.24, 2.45) is 0 Å². The van der Waals surface area contributed by atoms with E-state index in [1.807, 2.05) is 6.07 Å². The lowest BCUT2D eigenvalue weighted by molar-refractivity contribution is -0.132. The molecule has 122 valence electrons. The maximum Gasteiger partial charge on any atom is 0.314 e. The standard InChI is InChI=1S/C17H15N3O4/c1-23-14-7-6-13(9-15(14)24-2)20-17(22)16(21)19-12-5-3-4-11(8-12)10-18/h3-9H,1-2H3,(H,19,21)(H,20,22). The summed E-state index contributed by atoms with van der Waals surface area (Å²) in [5.41, 5.74) is 1.13. The van der Waals surface area contributed by atoms with Gasteiger partial charge in [0.15, 0.2) is 11.5 Å². The highest BCUT2D eigenvalue weighted by Gasteiger charge is 2.15. The first-order valence-corrected chi connectivity index (χ1v) is 6.92. The number of carbonyl (C=O) groups is 2. The van der Waals surface area contributed by atoms with Crippen molar-refractivity contribution in [2.45, 2.75) is 0 Å². The van der Waals surface area contributed by atoms with Gasteiger partial charge in [0.25, 0.3) is 0 Å². The third-order valence-corrected chi connectivity index (χ3v) is 3.10. The maximum absolute atomic E-state index is 12.0. The van der Waals surface area contributed by atoms with E-state index in [1.54, 1.807) is 36.4 Å². The fourth-order valence-electron chi connectivity index (χ4n) is 1.96. The highest BCUT2D eigenvalue weighted by molar-refractivity contribution is 6.43. The second kappa shape index (κ2) is 7.65. The first-order valence-electron chi connectivity index (χ1n) is 6.92. The third kappa shape index (κ3) is 4.01. The molecular weight excluding hydrogens is 310 g/mol. The molecule has 0 aliphatic carbocycles. The highest BCUT2D eigenvalue weighted by atomic mass is 16.5. The van der Waals surface area contributed by atoms with Crippen molar-refractivity contribution in [1.29, 1.82) is 5.26 Å². The van der Waals surface area contributed by atoms with Crippen LogP contribution in [0.25, 0.3) is 0 Å². The number of nitrogens with one attached hydrogen (secondary N) is 2. The molecule has 0 saturated heterocycles. The molecule has 0 bridgehead atoms. The number of anilines is 2. The average Bonchev–Trinajstić information content (AvgIpc) is 2.61. The van der Waals surface area contributed by atoms with Crippen molar-refractivity contribution in [3.63, 3.8) is 0 Å². The van der Waals surface area contributed by atoms with Crippen LogP contribution in [0.1, 0.15) is 5.56 Å². The number of ether oxygens (including phenoxy) is 2. The Morgan fingerprint density at radius 2 is 1.54 bits per heavy atom. The smallest absolute Gasteiger partial charge is 0.314 e. The lowest BCUT2D eigenvalue weighted by Gasteiger charge is -2.10. The number of hydrogen-bond donors (Lipinski definition) is 2. The summed E-state index contributed by atoms with van der Waals surface area (Å²) in [6.07, 6.45) is 0. The molecule has 0 fully saturated rings. The fraction of sp³-hybridized carbons (Fsp3) is 0.118. The molecule has 0 unspecified atom stereocenters. The Morgan fingerprint density at radius 1 is 0.917 bits per heavy atom. The number of benzene rings is 2. The zero-order valence-corrected chi connectivity index (χ0v) is 13.1. The Bertz CT molecular complexity index is 812. The van der Waals surface area contributed by atoms with Crippen molar-refractivity contribution < 1.29 is 19.1 Å². The van der Waals surface area contributed by atoms with Gasteiger partial charge in [0, 0.05) is 17.4 Å². The number of rotatable bonds is 4. The molecule has 2 aromatic carbocycles. The van der Waals surface area contributed by atoms with Crippen LogP contribution in [0.15, 0.2) is 42.5 Å². The van der Waals surface area contributed by atoms with Gasteiger partial charge in [0.2, 0.25) is 0 Å². The molecule has 0 aromatic heterocycles. The minimum atomic E-state index is -0.847. The average molecular weight is 325 g/mol. The first kappa shape index (κ1) is 16.8. The van der Waals surface area contributed by atoms with Crippen LogP contribution in [0, 0.1) is 11.3 Å². The van der Waals surface area contributed by atoms with E-state index < -0.39 is 11.8 Å². The van der Waals surface area contributed by atoms with Gasteiger partial charge in [-0.3, -0.25) is 9.59 Å². The van der Waals surface area contributed by atoms with Gasteiger partial charge < -0.3 is 20.1 Å². The number of carbonyl (C=O) groups excluding carboxylic acids is 2. The van der Waals surface area contributed by atoms with E-state index in [-0.39, 0.29) is 0 Å². The monoisotopic (exact) mass is 325 g/mol. The van der Waals surface area contributed by atoms with Gasteiger partial charge in [0.05, 0.1) is 25.9 Å². The van der Waals surface area contributed by atoms with E-state index >= 15 is 0 Å². The van der Waals surface area contributed by atoms with Crippen LogP contribution in [-0.2, 0) is 9.59 Å². The molecule has 7 nitrogen and oxygen atoms in total. The quantitative estimate of drug-likeness (QED) is 0.839. The highest BCUT2D eigenvalue weighted by Crippen LogP contribution is 2.29. The topological polar surface area (TPSA) is 100 Å². The fourth-order valence-corrected chi connectivity index (χ4v) is 1.96. The Labute approximate surface area is 138 Å². The Kier molecular flexibility index (Phi) is 5.36. The second-order valence-corrected chi connectivity index (χ2v) is 4.67. The molecule has 0 aliphatic rings. The molecule has 0 heterocycles. The molecule has 2 amide bonds. The normalized spacial score (nSPS) is 9.54. The number of nitrogens with zero attached hydrogens (tertiary/aromatic N) is 1. The van der Waals surface area contributed by atoms with Gasteiger partial charge in [-0.1, -0.05) is 6.07 Å². The summed E-state index contributed by atoms with van der Waals surface area (Å²) >= 11 is 0. The summed E-state index contributed by atoms with van der Waals surface area (Å²) in [6.45, 7) is 0. The van der Waals surface area contributed by atoms with Crippen LogP contribution in [0.3, 0.4) is 0 Å². The molecule has 0 aliphatic heterocycles. The third-order valence-electron chi connectivity index (χ3n) is 3.10. The van der Waals surface area contributed by atoms with Crippen LogP contribution < -0.4 is 20.1 Å². The summed E-state index contributed by atoms with van der Waals surface area (Å²) in [5, 5.41) is 13.7. The van der Waals surface area contributed by atoms with Crippen molar-refractivity contribution in [2.75, 3.05) is 24.9 Å². The second-order valence-electron chi connectivity index (χ2n) is 4.67. The SMILES string of the molecule is COc1ccc(NC(=O)C(=O)Nc2cccc(C#N)c2)cc1OC. The van der Waals surface area contributed by atoms with E-state index in [1.165, 1.54) is 20.3 Å². The summed E-state index contributed by atoms with van der Waals surface area (Å²) in [4.78, 5) is 23.9. The molecule has 0 radical (unpaired) electrons. The molecule has 2 N–H and O–H groups in total. The van der Waals surface area contributed by atoms with Crippen LogP contribution in [0.4, 0.5) is 11.4 Å². The van der Waals surface area contributed by atoms with Crippen LogP contribution >= 0.6 is 0 Å². The molecule has 24 heavy (non-hydrogen) atoms. The van der Waals surface area contributed by atoms with Crippen molar-refractivity contribution in [3.05, 3.63) is 48.0 Å². The van der Waals surface area contributed by atoms with E-state index in [9.17, 15) is 9.59 Å². The van der Waals surface area contributed by atoms with Crippen LogP contribution in [0.2, 0.25) is 0 Å². The maximum atomic E-state index is 12.0. The van der Waals surface area contributed by atoms with Crippen molar-refractivity contribution in [1.82, 2.24) is 0 Å². The zero-order chi connectivity index (χ0) is 17.5. The molecule has 7 heteroatoms. The lowest BCUT2D eigenvalue weighted by atomic mass is 10.2. The Hall–Kier alpha value is -3.53. The predicted molar refractivity (Wildman–Crippen MR) is 88.0 cm³/mol. The molecular formula is C17H15N3O4. The summed E-state index contributed by atoms with van der Waals surface area (Å²) < 4.78 is 10.2. The zero-order valence-electron chi connectivity index (χ0n) is 13.1. The van der Waals surface area contributed by atoms with Crippen LogP contribution in [-0.4, -0.2) is 26.0 Å². The van der Waals surface area contributed by atoms with E-state index in [4.69, 9.17) is 14.7 Å². The van der Waals surface area contributed by atoms with E-state index in [0.29, 0.717) is 28.4 Å². The molecule has 2 rings (SSSR count). The lowest BCUT2D eigenvalue weighted by Crippen LogP contribution is -2.29. The number of nitriles is 1. The summed E-state index contributed by atoms with van der Waals surface area (Å²) in [6, 6.07) is 13.0. The van der Waals surface area contributed by atoms with Crippen molar-refractivity contribution >= 4 is 23.2 Å². The van der Waals surface area contributed by atoms with Gasteiger partial charge in [-0.05, 0) is 30.3 Å². The van der Waals surface area contributed by atoms with E-state index in [0.717, 1.165) is 0 Å². The molecule has 0 spiro atoms. The van der Waals surface area contributed by atoms with Gasteiger partial charge in [-0.15, -0.1) is 0 Å². The number of hydrogen-bond acceptors (Lipinski definition) is 5. The molecule has 0 saturated carbocycles. The predicted octanol–water partition coefficient (Wildman–Crippen LogP) is 2.15. The summed E-state index contributed by atoms with van der Waals surface area (Å²) in [7, 11) is 2.97. The minimum Gasteiger partial charge on any atom is -0.493 e. The van der Waals surface area contributed by atoms with Gasteiger partial charge >= 0.3 is 11.8 Å². The van der Waals surface area contributed by atoms with Crippen molar-refractivity contribution in [3.8, 4) is 17.6 Å². The Morgan fingerprint density at radius 3 is 2.12 bits per heavy atom. The van der Waals surface area contributed by atoms with Gasteiger partial charge in [-0.2, -0.15) is 5.26 Å². The first-order chi connectivity index (χ1) is 11.6. The molecule has 2 aromatic rings. The Balaban J connectivity index is 2.06. The van der Waals surface area contributed by atoms with E-state index in [2.05, 4.69) is 10.6 Å². The van der Waals surface area contributed by atoms with Gasteiger partial charge in [-0.25, -0.2) is 0 Å². The minimum absolute atomic E-state index is 0.363. The molecule has 0 atom stereocenters. The number of amides is 2. The van der Waals surface area contributed by atoms with Crippen LogP contribution in [0.5, 0.6) is 11.5 Å². The largest absolute Gasteiger partial charge is 0.493 e.